The van der Waals surface area contributed by atoms with E-state index >= 15 is 0 Å². The molecule has 0 fully saturated rings. The van der Waals surface area contributed by atoms with Crippen molar-refractivity contribution in [3.05, 3.63) is 42.2 Å². The summed E-state index contributed by atoms with van der Waals surface area (Å²) in [5, 5.41) is 3.15. The summed E-state index contributed by atoms with van der Waals surface area (Å²) in [4.78, 5) is 22.1. The highest BCUT2D eigenvalue weighted by atomic mass is 16.5. The molecule has 2 aromatic rings. The van der Waals surface area contributed by atoms with Gasteiger partial charge in [0.1, 0.15) is 5.69 Å². The molecule has 17 heavy (non-hydrogen) atoms. The third kappa shape index (κ3) is 2.81. The fourth-order valence-corrected chi connectivity index (χ4v) is 1.34. The number of aromatic amines is 1. The van der Waals surface area contributed by atoms with Crippen molar-refractivity contribution < 1.29 is 9.53 Å². The van der Waals surface area contributed by atoms with Crippen LogP contribution < -0.4 is 5.32 Å². The Balaban J connectivity index is 2.03. The maximum atomic E-state index is 11.3. The van der Waals surface area contributed by atoms with E-state index in [-0.39, 0.29) is 5.69 Å². The number of imidazole rings is 1. The first-order chi connectivity index (χ1) is 8.29. The summed E-state index contributed by atoms with van der Waals surface area (Å²) >= 11 is 0. The Morgan fingerprint density at radius 2 is 2.47 bits per heavy atom. The van der Waals surface area contributed by atoms with Gasteiger partial charge in [-0.25, -0.2) is 14.8 Å². The van der Waals surface area contributed by atoms with Crippen molar-refractivity contribution in [1.29, 1.82) is 0 Å². The van der Waals surface area contributed by atoms with Crippen molar-refractivity contribution in [1.82, 2.24) is 15.0 Å². The van der Waals surface area contributed by atoms with E-state index in [4.69, 9.17) is 0 Å². The van der Waals surface area contributed by atoms with E-state index in [0.29, 0.717) is 6.54 Å². The number of nitrogens with one attached hydrogen (secondary N) is 2. The number of esters is 1. The zero-order valence-electron chi connectivity index (χ0n) is 9.30. The molecule has 0 amide bonds. The number of aromatic nitrogens is 3. The first-order valence-corrected chi connectivity index (χ1v) is 5.05. The molecule has 0 aliphatic carbocycles. The number of rotatable bonds is 4. The van der Waals surface area contributed by atoms with Gasteiger partial charge in [-0.2, -0.15) is 0 Å². The molecule has 0 unspecified atom stereocenters. The Kier molecular flexibility index (Phi) is 3.34. The maximum Gasteiger partial charge on any atom is 0.356 e. The molecule has 2 N–H and O–H groups in total. The molecule has 0 radical (unpaired) electrons. The second-order valence-corrected chi connectivity index (χ2v) is 3.35. The van der Waals surface area contributed by atoms with E-state index in [1.54, 1.807) is 30.9 Å². The van der Waals surface area contributed by atoms with Gasteiger partial charge >= 0.3 is 5.97 Å². The lowest BCUT2D eigenvalue weighted by molar-refractivity contribution is 0.0594. The van der Waals surface area contributed by atoms with Gasteiger partial charge in [-0.1, -0.05) is 0 Å². The van der Waals surface area contributed by atoms with Crippen molar-refractivity contribution in [2.75, 3.05) is 12.4 Å². The first kappa shape index (κ1) is 11.1. The summed E-state index contributed by atoms with van der Waals surface area (Å²) in [5.74, 6) is -0.449. The number of carbonyl (C=O) groups is 1. The second kappa shape index (κ2) is 5.11. The lowest BCUT2D eigenvalue weighted by Gasteiger charge is -2.05. The summed E-state index contributed by atoms with van der Waals surface area (Å²) in [6, 6.07) is 3.42. The average Bonchev–Trinajstić information content (AvgIpc) is 2.89. The number of methoxy groups -OCH3 is 1. The second-order valence-electron chi connectivity index (χ2n) is 3.35. The van der Waals surface area contributed by atoms with E-state index in [0.717, 1.165) is 11.4 Å². The Hall–Kier alpha value is -2.37. The van der Waals surface area contributed by atoms with Crippen LogP contribution in [0.25, 0.3) is 0 Å². The number of anilines is 1. The van der Waals surface area contributed by atoms with Crippen LogP contribution in [0.1, 0.15) is 16.2 Å². The topological polar surface area (TPSA) is 79.9 Å². The predicted octanol–water partition coefficient (Wildman–Crippen LogP) is 1.20. The van der Waals surface area contributed by atoms with Gasteiger partial charge in [0.25, 0.3) is 0 Å². The molecule has 6 nitrogen and oxygen atoms in total. The SMILES string of the molecule is COC(=O)c1cc(NCc2cnc[nH]2)ccn1. The largest absolute Gasteiger partial charge is 0.464 e. The Labute approximate surface area is 98.1 Å². The highest BCUT2D eigenvalue weighted by molar-refractivity contribution is 5.88. The van der Waals surface area contributed by atoms with Gasteiger partial charge in [-0.3, -0.25) is 0 Å². The molecule has 0 saturated heterocycles. The predicted molar refractivity (Wildman–Crippen MR) is 61.5 cm³/mol. The molecule has 0 aliphatic rings. The summed E-state index contributed by atoms with van der Waals surface area (Å²) in [7, 11) is 1.33. The van der Waals surface area contributed by atoms with Crippen LogP contribution >= 0.6 is 0 Å². The molecule has 0 aliphatic heterocycles. The van der Waals surface area contributed by atoms with Crippen LogP contribution in [0.2, 0.25) is 0 Å². The monoisotopic (exact) mass is 232 g/mol. The summed E-state index contributed by atoms with van der Waals surface area (Å²) < 4.78 is 4.60. The third-order valence-electron chi connectivity index (χ3n) is 2.19. The summed E-state index contributed by atoms with van der Waals surface area (Å²) in [5.41, 5.74) is 2.04. The average molecular weight is 232 g/mol. The Morgan fingerprint density at radius 3 is 3.18 bits per heavy atom. The molecule has 2 rings (SSSR count). The number of carbonyl (C=O) groups excluding carboxylic acids is 1. The van der Waals surface area contributed by atoms with Crippen LogP contribution in [-0.4, -0.2) is 28.0 Å². The van der Waals surface area contributed by atoms with Crippen molar-refractivity contribution in [3.8, 4) is 0 Å². The van der Waals surface area contributed by atoms with E-state index < -0.39 is 5.97 Å². The lowest BCUT2D eigenvalue weighted by atomic mass is 10.3. The number of pyridine rings is 1. The van der Waals surface area contributed by atoms with Gasteiger partial charge < -0.3 is 15.0 Å². The third-order valence-corrected chi connectivity index (χ3v) is 2.19. The van der Waals surface area contributed by atoms with Gasteiger partial charge in [0.15, 0.2) is 0 Å². The highest BCUT2D eigenvalue weighted by Crippen LogP contribution is 2.09. The Bertz CT molecular complexity index is 496. The zero-order chi connectivity index (χ0) is 12.1. The highest BCUT2D eigenvalue weighted by Gasteiger charge is 2.07. The first-order valence-electron chi connectivity index (χ1n) is 5.05. The van der Waals surface area contributed by atoms with E-state index in [2.05, 4.69) is 25.0 Å². The van der Waals surface area contributed by atoms with Crippen molar-refractivity contribution >= 4 is 11.7 Å². The van der Waals surface area contributed by atoms with Crippen LogP contribution in [0.4, 0.5) is 5.69 Å². The normalized spacial score (nSPS) is 9.94. The van der Waals surface area contributed by atoms with E-state index in [1.807, 2.05) is 0 Å². The fourth-order valence-electron chi connectivity index (χ4n) is 1.34. The minimum Gasteiger partial charge on any atom is -0.464 e. The van der Waals surface area contributed by atoms with Crippen LogP contribution in [0.3, 0.4) is 0 Å². The molecular formula is C11H12N4O2. The van der Waals surface area contributed by atoms with Crippen molar-refractivity contribution in [2.24, 2.45) is 0 Å². The van der Waals surface area contributed by atoms with Crippen LogP contribution in [0, 0.1) is 0 Å². The fraction of sp³-hybridized carbons (Fsp3) is 0.182. The molecule has 0 spiro atoms. The number of ether oxygens (including phenoxy) is 1. The molecule has 2 heterocycles. The quantitative estimate of drug-likeness (QED) is 0.774. The van der Waals surface area contributed by atoms with Gasteiger partial charge in [0, 0.05) is 18.1 Å². The van der Waals surface area contributed by atoms with Crippen molar-refractivity contribution in [2.45, 2.75) is 6.54 Å². The van der Waals surface area contributed by atoms with Gasteiger partial charge in [-0.05, 0) is 12.1 Å². The number of hydrogen-bond donors (Lipinski definition) is 2. The Morgan fingerprint density at radius 1 is 1.59 bits per heavy atom. The van der Waals surface area contributed by atoms with Gasteiger partial charge in [-0.15, -0.1) is 0 Å². The van der Waals surface area contributed by atoms with Crippen LogP contribution in [0.15, 0.2) is 30.9 Å². The molecule has 0 aromatic carbocycles. The van der Waals surface area contributed by atoms with Crippen LogP contribution in [0.5, 0.6) is 0 Å². The summed E-state index contributed by atoms with van der Waals surface area (Å²) in [6.45, 7) is 0.602. The standard InChI is InChI=1S/C11H12N4O2/c1-17-11(16)10-4-8(2-3-13-10)14-6-9-5-12-7-15-9/h2-5,7H,6H2,1H3,(H,12,15)(H,13,14). The molecule has 0 bridgehead atoms. The van der Waals surface area contributed by atoms with E-state index in [1.165, 1.54) is 7.11 Å². The van der Waals surface area contributed by atoms with Gasteiger partial charge in [0.05, 0.1) is 25.7 Å². The molecule has 88 valence electrons. The van der Waals surface area contributed by atoms with E-state index in [9.17, 15) is 4.79 Å². The van der Waals surface area contributed by atoms with Crippen LogP contribution in [-0.2, 0) is 11.3 Å². The molecule has 2 aromatic heterocycles. The maximum absolute atomic E-state index is 11.3. The molecule has 6 heteroatoms. The lowest BCUT2D eigenvalue weighted by Crippen LogP contribution is -2.06. The zero-order valence-corrected chi connectivity index (χ0v) is 9.30. The minimum absolute atomic E-state index is 0.280. The summed E-state index contributed by atoms with van der Waals surface area (Å²) in [6.07, 6.45) is 4.90. The molecule has 0 atom stereocenters. The van der Waals surface area contributed by atoms with Crippen molar-refractivity contribution in [3.63, 3.8) is 0 Å². The molecular weight excluding hydrogens is 220 g/mol. The number of nitrogens with zero attached hydrogens (tertiary/aromatic N) is 2. The van der Waals surface area contributed by atoms with Gasteiger partial charge in [0.2, 0.25) is 0 Å². The smallest absolute Gasteiger partial charge is 0.356 e. The minimum atomic E-state index is -0.449. The molecule has 0 saturated carbocycles. The number of H-pyrrole nitrogens is 1. The number of hydrogen-bond acceptors (Lipinski definition) is 5.